The average molecular weight is 404 g/mol. The van der Waals surface area contributed by atoms with Crippen molar-refractivity contribution < 1.29 is 13.9 Å². The number of carbonyl (C=O) groups is 1. The van der Waals surface area contributed by atoms with Gasteiger partial charge in [-0.15, -0.1) is 0 Å². The Hall–Kier alpha value is -3.50. The highest BCUT2D eigenvalue weighted by atomic mass is 35.5. The van der Waals surface area contributed by atoms with Crippen LogP contribution in [0.4, 0.5) is 5.69 Å². The quantitative estimate of drug-likeness (QED) is 0.403. The van der Waals surface area contributed by atoms with Gasteiger partial charge in [0, 0.05) is 10.7 Å². The summed E-state index contributed by atoms with van der Waals surface area (Å²) in [4.78, 5) is 12.4. The lowest BCUT2D eigenvalue weighted by atomic mass is 10.1. The Balaban J connectivity index is 1.36. The second kappa shape index (κ2) is 8.67. The van der Waals surface area contributed by atoms with Gasteiger partial charge in [-0.25, -0.2) is 0 Å². The van der Waals surface area contributed by atoms with Crippen LogP contribution in [0.15, 0.2) is 95.4 Å². The zero-order valence-electron chi connectivity index (χ0n) is 15.5. The molecule has 3 aromatic carbocycles. The third kappa shape index (κ3) is 4.86. The Kier molecular flexibility index (Phi) is 5.63. The van der Waals surface area contributed by atoms with Gasteiger partial charge < -0.3 is 14.5 Å². The van der Waals surface area contributed by atoms with Gasteiger partial charge in [-0.2, -0.15) is 0 Å². The average Bonchev–Trinajstić information content (AvgIpc) is 3.24. The van der Waals surface area contributed by atoms with Crippen molar-refractivity contribution in [3.63, 3.8) is 0 Å². The number of halogens is 1. The summed E-state index contributed by atoms with van der Waals surface area (Å²) in [5, 5.41) is 3.49. The van der Waals surface area contributed by atoms with Crippen LogP contribution in [0.25, 0.3) is 11.1 Å². The molecule has 0 radical (unpaired) electrons. The van der Waals surface area contributed by atoms with Crippen LogP contribution in [0.2, 0.25) is 5.02 Å². The zero-order valence-corrected chi connectivity index (χ0v) is 16.2. The first kappa shape index (κ1) is 18.8. The lowest BCUT2D eigenvalue weighted by Crippen LogP contribution is -2.10. The Morgan fingerprint density at radius 1 is 0.828 bits per heavy atom. The molecule has 0 aliphatic heterocycles. The first-order valence-corrected chi connectivity index (χ1v) is 9.49. The van der Waals surface area contributed by atoms with Crippen molar-refractivity contribution in [1.82, 2.24) is 0 Å². The molecule has 0 aliphatic rings. The number of furan rings is 1. The highest BCUT2D eigenvalue weighted by Gasteiger charge is 2.12. The lowest BCUT2D eigenvalue weighted by Gasteiger charge is -2.06. The maximum absolute atomic E-state index is 12.4. The minimum atomic E-state index is -0.310. The fourth-order valence-electron chi connectivity index (χ4n) is 2.83. The van der Waals surface area contributed by atoms with Crippen molar-refractivity contribution in [3.8, 4) is 16.9 Å². The van der Waals surface area contributed by atoms with Crippen LogP contribution >= 0.6 is 11.6 Å². The van der Waals surface area contributed by atoms with Crippen molar-refractivity contribution in [3.05, 3.63) is 108 Å². The second-order valence-corrected chi connectivity index (χ2v) is 6.84. The summed E-state index contributed by atoms with van der Waals surface area (Å²) in [5.41, 5.74) is 2.91. The van der Waals surface area contributed by atoms with E-state index in [2.05, 4.69) is 5.32 Å². The van der Waals surface area contributed by atoms with Crippen LogP contribution in [0.1, 0.15) is 16.3 Å². The molecule has 4 rings (SSSR count). The molecule has 0 saturated carbocycles. The van der Waals surface area contributed by atoms with E-state index in [1.165, 1.54) is 0 Å². The van der Waals surface area contributed by atoms with Gasteiger partial charge in [-0.3, -0.25) is 4.79 Å². The van der Waals surface area contributed by atoms with Gasteiger partial charge >= 0.3 is 0 Å². The first-order valence-electron chi connectivity index (χ1n) is 9.11. The molecule has 0 bridgehead atoms. The normalized spacial score (nSPS) is 10.5. The van der Waals surface area contributed by atoms with Gasteiger partial charge in [0.1, 0.15) is 18.1 Å². The molecule has 0 spiro atoms. The van der Waals surface area contributed by atoms with Crippen molar-refractivity contribution in [2.45, 2.75) is 6.61 Å². The molecule has 29 heavy (non-hydrogen) atoms. The molecule has 4 nitrogen and oxygen atoms in total. The summed E-state index contributed by atoms with van der Waals surface area (Å²) in [6, 6.07) is 28.2. The number of amides is 1. The minimum absolute atomic E-state index is 0.223. The highest BCUT2D eigenvalue weighted by molar-refractivity contribution is 6.30. The molecular weight excluding hydrogens is 386 g/mol. The number of nitrogens with one attached hydrogen (secondary N) is 1. The number of ether oxygens (including phenoxy) is 1. The van der Waals surface area contributed by atoms with Gasteiger partial charge in [-0.05, 0) is 59.7 Å². The molecule has 4 aromatic rings. The third-order valence-electron chi connectivity index (χ3n) is 4.33. The molecule has 0 aliphatic carbocycles. The maximum atomic E-state index is 12.4. The van der Waals surface area contributed by atoms with Gasteiger partial charge in [0.25, 0.3) is 5.91 Å². The molecular formula is C24H18ClNO3. The monoisotopic (exact) mass is 403 g/mol. The second-order valence-electron chi connectivity index (χ2n) is 6.41. The summed E-state index contributed by atoms with van der Waals surface area (Å²) in [6.07, 6.45) is 0. The van der Waals surface area contributed by atoms with E-state index in [1.54, 1.807) is 36.4 Å². The maximum Gasteiger partial charge on any atom is 0.291 e. The van der Waals surface area contributed by atoms with E-state index >= 15 is 0 Å². The van der Waals surface area contributed by atoms with Crippen molar-refractivity contribution in [1.29, 1.82) is 0 Å². The SMILES string of the molecule is O=C(Nc1ccc(-c2ccccc2)cc1)c1ccc(COc2ccc(Cl)cc2)o1. The minimum Gasteiger partial charge on any atom is -0.486 e. The summed E-state index contributed by atoms with van der Waals surface area (Å²) >= 11 is 5.85. The molecule has 1 aromatic heterocycles. The van der Waals surface area contributed by atoms with Crippen LogP contribution in [-0.2, 0) is 6.61 Å². The smallest absolute Gasteiger partial charge is 0.291 e. The zero-order chi connectivity index (χ0) is 20.1. The van der Waals surface area contributed by atoms with Crippen LogP contribution in [0.3, 0.4) is 0 Å². The molecule has 1 amide bonds. The number of hydrogen-bond donors (Lipinski definition) is 1. The van der Waals surface area contributed by atoms with Crippen molar-refractivity contribution >= 4 is 23.2 Å². The van der Waals surface area contributed by atoms with E-state index in [1.807, 2.05) is 54.6 Å². The predicted octanol–water partition coefficient (Wildman–Crippen LogP) is 6.43. The fraction of sp³-hybridized carbons (Fsp3) is 0.0417. The summed E-state index contributed by atoms with van der Waals surface area (Å²) in [7, 11) is 0. The van der Waals surface area contributed by atoms with Gasteiger partial charge in [0.15, 0.2) is 5.76 Å². The first-order chi connectivity index (χ1) is 14.2. The number of rotatable bonds is 6. The molecule has 1 heterocycles. The van der Waals surface area contributed by atoms with E-state index in [-0.39, 0.29) is 18.3 Å². The molecule has 144 valence electrons. The highest BCUT2D eigenvalue weighted by Crippen LogP contribution is 2.22. The Morgan fingerprint density at radius 2 is 1.52 bits per heavy atom. The third-order valence-corrected chi connectivity index (χ3v) is 4.58. The fourth-order valence-corrected chi connectivity index (χ4v) is 2.96. The van der Waals surface area contributed by atoms with Crippen LogP contribution in [0.5, 0.6) is 5.75 Å². The number of hydrogen-bond acceptors (Lipinski definition) is 3. The lowest BCUT2D eigenvalue weighted by molar-refractivity contribution is 0.0992. The Morgan fingerprint density at radius 3 is 2.24 bits per heavy atom. The number of carbonyl (C=O) groups excluding carboxylic acids is 1. The molecule has 0 atom stereocenters. The largest absolute Gasteiger partial charge is 0.486 e. The van der Waals surface area contributed by atoms with Gasteiger partial charge in [0.05, 0.1) is 0 Å². The molecule has 0 saturated heterocycles. The van der Waals surface area contributed by atoms with Crippen molar-refractivity contribution in [2.24, 2.45) is 0 Å². The van der Waals surface area contributed by atoms with E-state index in [0.29, 0.717) is 22.2 Å². The van der Waals surface area contributed by atoms with E-state index in [0.717, 1.165) is 11.1 Å². The molecule has 0 fully saturated rings. The number of benzene rings is 3. The van der Waals surface area contributed by atoms with Crippen LogP contribution in [0, 0.1) is 0 Å². The van der Waals surface area contributed by atoms with Crippen molar-refractivity contribution in [2.75, 3.05) is 5.32 Å². The topological polar surface area (TPSA) is 51.5 Å². The van der Waals surface area contributed by atoms with Gasteiger partial charge in [0.2, 0.25) is 0 Å². The predicted molar refractivity (Wildman–Crippen MR) is 114 cm³/mol. The van der Waals surface area contributed by atoms with Crippen LogP contribution < -0.4 is 10.1 Å². The van der Waals surface area contributed by atoms with E-state index in [4.69, 9.17) is 20.8 Å². The Labute approximate surface area is 173 Å². The summed E-state index contributed by atoms with van der Waals surface area (Å²) < 4.78 is 11.2. The Bertz CT molecular complexity index is 1090. The summed E-state index contributed by atoms with van der Waals surface area (Å²) in [6.45, 7) is 0.223. The molecule has 1 N–H and O–H groups in total. The van der Waals surface area contributed by atoms with Crippen LogP contribution in [-0.4, -0.2) is 5.91 Å². The molecule has 5 heteroatoms. The van der Waals surface area contributed by atoms with E-state index in [9.17, 15) is 4.79 Å². The molecule has 0 unspecified atom stereocenters. The van der Waals surface area contributed by atoms with Gasteiger partial charge in [-0.1, -0.05) is 54.1 Å². The standard InChI is InChI=1S/C24H18ClNO3/c25-19-8-12-21(13-9-19)28-16-22-14-15-23(29-22)24(27)26-20-10-6-18(7-11-20)17-4-2-1-3-5-17/h1-15H,16H2,(H,26,27). The van der Waals surface area contributed by atoms with E-state index < -0.39 is 0 Å². The summed E-state index contributed by atoms with van der Waals surface area (Å²) in [5.74, 6) is 1.15. The number of anilines is 1.